The molecule has 0 amide bonds. The van der Waals surface area contributed by atoms with Crippen LogP contribution in [0.5, 0.6) is 0 Å². The molecule has 0 aliphatic heterocycles. The quantitative estimate of drug-likeness (QED) is 0.494. The summed E-state index contributed by atoms with van der Waals surface area (Å²) in [5.41, 5.74) is 1.10. The Balaban J connectivity index is 2.50. The summed E-state index contributed by atoms with van der Waals surface area (Å²) in [5.74, 6) is -0.0641. The van der Waals surface area contributed by atoms with E-state index in [-0.39, 0.29) is 12.1 Å². The minimum Gasteiger partial charge on any atom is -0.457 e. The van der Waals surface area contributed by atoms with Crippen molar-refractivity contribution in [2.75, 3.05) is 0 Å². The molecule has 2 heteroatoms. The van der Waals surface area contributed by atoms with E-state index in [0.717, 1.165) is 37.7 Å². The van der Waals surface area contributed by atoms with Crippen molar-refractivity contribution in [1.82, 2.24) is 0 Å². The fourth-order valence-corrected chi connectivity index (χ4v) is 1.96. The molecule has 1 aromatic rings. The fourth-order valence-electron chi connectivity index (χ4n) is 1.96. The fraction of sp³-hybridized carbons (Fsp3) is 0.562. The molecular formula is C16H24O2. The molecule has 2 nitrogen and oxygen atoms in total. The Morgan fingerprint density at radius 3 is 2.44 bits per heavy atom. The van der Waals surface area contributed by atoms with Crippen LogP contribution in [0.4, 0.5) is 0 Å². The van der Waals surface area contributed by atoms with E-state index in [1.54, 1.807) is 0 Å². The summed E-state index contributed by atoms with van der Waals surface area (Å²) < 4.78 is 5.58. The second-order valence-electron chi connectivity index (χ2n) is 4.63. The zero-order valence-corrected chi connectivity index (χ0v) is 11.5. The van der Waals surface area contributed by atoms with Gasteiger partial charge in [-0.05, 0) is 18.4 Å². The third-order valence-corrected chi connectivity index (χ3v) is 2.98. The molecule has 1 rings (SSSR count). The largest absolute Gasteiger partial charge is 0.457 e. The van der Waals surface area contributed by atoms with E-state index in [0.29, 0.717) is 6.42 Å². The highest BCUT2D eigenvalue weighted by Gasteiger charge is 2.15. The van der Waals surface area contributed by atoms with E-state index in [2.05, 4.69) is 13.8 Å². The van der Waals surface area contributed by atoms with Crippen molar-refractivity contribution in [2.45, 2.75) is 58.5 Å². The van der Waals surface area contributed by atoms with Crippen molar-refractivity contribution in [3.05, 3.63) is 35.9 Å². The average molecular weight is 248 g/mol. The van der Waals surface area contributed by atoms with Crippen molar-refractivity contribution in [2.24, 2.45) is 0 Å². The van der Waals surface area contributed by atoms with Gasteiger partial charge in [-0.15, -0.1) is 0 Å². The number of carbonyl (C=O) groups is 1. The van der Waals surface area contributed by atoms with Gasteiger partial charge in [-0.2, -0.15) is 0 Å². The van der Waals surface area contributed by atoms with E-state index in [4.69, 9.17) is 4.74 Å². The number of esters is 1. The molecule has 1 aromatic carbocycles. The number of carbonyl (C=O) groups excluding carboxylic acids is 1. The minimum absolute atomic E-state index is 0.0641. The van der Waals surface area contributed by atoms with Crippen LogP contribution in [-0.4, -0.2) is 5.97 Å². The maximum Gasteiger partial charge on any atom is 0.306 e. The predicted octanol–water partition coefficient (Wildman–Crippen LogP) is 4.65. The van der Waals surface area contributed by atoms with Gasteiger partial charge in [0.2, 0.25) is 0 Å². The molecule has 0 radical (unpaired) electrons. The molecule has 0 N–H and O–H groups in total. The lowest BCUT2D eigenvalue weighted by molar-refractivity contribution is -0.150. The summed E-state index contributed by atoms with van der Waals surface area (Å²) >= 11 is 0. The number of unbranched alkanes of at least 4 members (excludes halogenated alkanes) is 2. The average Bonchev–Trinajstić information content (AvgIpc) is 2.39. The van der Waals surface area contributed by atoms with Crippen molar-refractivity contribution < 1.29 is 9.53 Å². The summed E-state index contributed by atoms with van der Waals surface area (Å²) in [4.78, 5) is 11.8. The van der Waals surface area contributed by atoms with Crippen molar-refractivity contribution in [1.29, 1.82) is 0 Å². The zero-order valence-electron chi connectivity index (χ0n) is 11.5. The molecule has 0 aliphatic rings. The molecule has 0 saturated heterocycles. The van der Waals surface area contributed by atoms with Crippen LogP contribution < -0.4 is 0 Å². The predicted molar refractivity (Wildman–Crippen MR) is 74.3 cm³/mol. The topological polar surface area (TPSA) is 26.3 Å². The second-order valence-corrected chi connectivity index (χ2v) is 4.63. The first-order valence-corrected chi connectivity index (χ1v) is 7.02. The lowest BCUT2D eigenvalue weighted by atomic mass is 10.1. The Labute approximate surface area is 110 Å². The Morgan fingerprint density at radius 1 is 1.11 bits per heavy atom. The molecule has 0 spiro atoms. The van der Waals surface area contributed by atoms with E-state index in [9.17, 15) is 4.79 Å². The van der Waals surface area contributed by atoms with Gasteiger partial charge in [0.15, 0.2) is 0 Å². The Morgan fingerprint density at radius 2 is 1.83 bits per heavy atom. The molecule has 18 heavy (non-hydrogen) atoms. The molecule has 0 saturated carbocycles. The van der Waals surface area contributed by atoms with Crippen LogP contribution in [-0.2, 0) is 9.53 Å². The number of hydrogen-bond donors (Lipinski definition) is 0. The number of ether oxygens (including phenoxy) is 1. The molecular weight excluding hydrogens is 224 g/mol. The zero-order chi connectivity index (χ0) is 13.2. The van der Waals surface area contributed by atoms with Gasteiger partial charge in [0.25, 0.3) is 0 Å². The molecule has 100 valence electrons. The third-order valence-electron chi connectivity index (χ3n) is 2.98. The monoisotopic (exact) mass is 248 g/mol. The van der Waals surface area contributed by atoms with Crippen LogP contribution in [0.15, 0.2) is 30.3 Å². The highest BCUT2D eigenvalue weighted by molar-refractivity contribution is 5.69. The first-order valence-electron chi connectivity index (χ1n) is 7.02. The highest BCUT2D eigenvalue weighted by Crippen LogP contribution is 2.23. The van der Waals surface area contributed by atoms with Crippen molar-refractivity contribution in [3.8, 4) is 0 Å². The molecule has 0 aromatic heterocycles. The lowest BCUT2D eigenvalue weighted by Gasteiger charge is -2.17. The van der Waals surface area contributed by atoms with Crippen LogP contribution >= 0.6 is 0 Å². The number of rotatable bonds is 8. The van der Waals surface area contributed by atoms with E-state index in [1.165, 1.54) is 0 Å². The summed E-state index contributed by atoms with van der Waals surface area (Å²) in [6.07, 6.45) is 5.53. The molecule has 0 heterocycles. The van der Waals surface area contributed by atoms with Gasteiger partial charge in [0.05, 0.1) is 0 Å². The summed E-state index contributed by atoms with van der Waals surface area (Å²) in [5, 5.41) is 0. The van der Waals surface area contributed by atoms with E-state index in [1.807, 2.05) is 30.3 Å². The molecule has 1 atom stereocenters. The van der Waals surface area contributed by atoms with Gasteiger partial charge < -0.3 is 4.74 Å². The van der Waals surface area contributed by atoms with Gasteiger partial charge in [0, 0.05) is 6.42 Å². The Hall–Kier alpha value is -1.31. The van der Waals surface area contributed by atoms with Crippen LogP contribution in [0.1, 0.15) is 64.0 Å². The second kappa shape index (κ2) is 8.73. The van der Waals surface area contributed by atoms with Crippen LogP contribution in [0.25, 0.3) is 0 Å². The van der Waals surface area contributed by atoms with Gasteiger partial charge in [-0.1, -0.05) is 63.4 Å². The molecule has 0 bridgehead atoms. The highest BCUT2D eigenvalue weighted by atomic mass is 16.5. The van der Waals surface area contributed by atoms with Crippen LogP contribution in [0.3, 0.4) is 0 Å². The third kappa shape index (κ3) is 5.35. The number of benzene rings is 1. The summed E-state index contributed by atoms with van der Waals surface area (Å²) in [7, 11) is 0. The standard InChI is InChI=1S/C16H24O2/c1-3-5-7-13-16(17)18-15(10-4-2)14-11-8-6-9-12-14/h6,8-9,11-12,15H,3-5,7,10,13H2,1-2H3. The Kier molecular flexibility index (Phi) is 7.16. The number of hydrogen-bond acceptors (Lipinski definition) is 2. The van der Waals surface area contributed by atoms with Crippen molar-refractivity contribution >= 4 is 5.97 Å². The normalized spacial score (nSPS) is 12.1. The summed E-state index contributed by atoms with van der Waals surface area (Å²) in [6, 6.07) is 10.0. The van der Waals surface area contributed by atoms with Gasteiger partial charge in [-0.25, -0.2) is 0 Å². The van der Waals surface area contributed by atoms with Crippen LogP contribution in [0.2, 0.25) is 0 Å². The Bertz CT molecular complexity index is 332. The molecule has 0 fully saturated rings. The molecule has 1 unspecified atom stereocenters. The smallest absolute Gasteiger partial charge is 0.306 e. The minimum atomic E-state index is -0.0784. The maximum absolute atomic E-state index is 11.8. The first-order chi connectivity index (χ1) is 8.77. The van der Waals surface area contributed by atoms with Gasteiger partial charge in [0.1, 0.15) is 6.10 Å². The molecule has 0 aliphatic carbocycles. The van der Waals surface area contributed by atoms with E-state index >= 15 is 0 Å². The van der Waals surface area contributed by atoms with Gasteiger partial charge in [-0.3, -0.25) is 4.79 Å². The lowest BCUT2D eigenvalue weighted by Crippen LogP contribution is -2.11. The summed E-state index contributed by atoms with van der Waals surface area (Å²) in [6.45, 7) is 4.25. The SMILES string of the molecule is CCCCCC(=O)OC(CCC)c1ccccc1. The maximum atomic E-state index is 11.8. The van der Waals surface area contributed by atoms with Gasteiger partial charge >= 0.3 is 5.97 Å². The first kappa shape index (κ1) is 14.7. The van der Waals surface area contributed by atoms with Crippen molar-refractivity contribution in [3.63, 3.8) is 0 Å². The van der Waals surface area contributed by atoms with Crippen LogP contribution in [0, 0.1) is 0 Å². The van der Waals surface area contributed by atoms with E-state index < -0.39 is 0 Å².